The molecule has 3 nitrogen and oxygen atoms in total. The van der Waals surface area contributed by atoms with E-state index >= 15 is 0 Å². The van der Waals surface area contributed by atoms with Crippen LogP contribution in [0, 0.1) is 0 Å². The van der Waals surface area contributed by atoms with Crippen molar-refractivity contribution in [1.82, 2.24) is 5.32 Å². The Morgan fingerprint density at radius 2 is 2.10 bits per heavy atom. The molecule has 110 valence electrons. The van der Waals surface area contributed by atoms with Crippen molar-refractivity contribution >= 4 is 44.8 Å². The van der Waals surface area contributed by atoms with E-state index in [-0.39, 0.29) is 5.91 Å². The highest BCUT2D eigenvalue weighted by Crippen LogP contribution is 2.23. The van der Waals surface area contributed by atoms with Crippen molar-refractivity contribution in [2.45, 2.75) is 0 Å². The topological polar surface area (TPSA) is 38.3 Å². The van der Waals surface area contributed by atoms with E-state index < -0.39 is 0 Å². The second-order valence-corrected chi connectivity index (χ2v) is 6.20. The van der Waals surface area contributed by atoms with Crippen molar-refractivity contribution in [3.05, 3.63) is 56.7 Å². The van der Waals surface area contributed by atoms with Crippen LogP contribution in [-0.2, 0) is 9.53 Å². The third kappa shape index (κ3) is 4.81. The first-order valence-corrected chi connectivity index (χ1v) is 8.16. The lowest BCUT2D eigenvalue weighted by molar-refractivity contribution is -0.115. The van der Waals surface area contributed by atoms with Crippen LogP contribution >= 0.6 is 27.3 Å². The van der Waals surface area contributed by atoms with E-state index in [1.165, 1.54) is 0 Å². The third-order valence-corrected chi connectivity index (χ3v) is 4.24. The number of benzene rings is 1. The molecule has 1 N–H and O–H groups in total. The van der Waals surface area contributed by atoms with Gasteiger partial charge in [0.25, 0.3) is 5.91 Å². The van der Waals surface area contributed by atoms with Gasteiger partial charge in [-0.15, -0.1) is 11.3 Å². The molecule has 0 saturated heterocycles. The molecule has 0 unspecified atom stereocenters. The lowest BCUT2D eigenvalue weighted by atomic mass is 10.1. The van der Waals surface area contributed by atoms with Crippen LogP contribution in [0.2, 0.25) is 0 Å². The predicted molar refractivity (Wildman–Crippen MR) is 91.2 cm³/mol. The van der Waals surface area contributed by atoms with Crippen LogP contribution in [-0.4, -0.2) is 26.2 Å². The third-order valence-electron chi connectivity index (χ3n) is 2.80. The van der Waals surface area contributed by atoms with Gasteiger partial charge in [0.15, 0.2) is 0 Å². The lowest BCUT2D eigenvalue weighted by Gasteiger charge is -2.07. The number of halogens is 1. The quantitative estimate of drug-likeness (QED) is 0.624. The molecule has 0 spiro atoms. The standard InChI is InChI=1S/C16H16BrNO2S/c1-20-9-8-18-16(19)14(15-3-2-10-21-15)11-12-4-6-13(17)7-5-12/h2-7,10-11H,8-9H2,1H3,(H,18,19). The second-order valence-electron chi connectivity index (χ2n) is 4.34. The smallest absolute Gasteiger partial charge is 0.252 e. The molecular weight excluding hydrogens is 350 g/mol. The second kappa shape index (κ2) is 8.12. The van der Waals surface area contributed by atoms with Crippen molar-refractivity contribution in [3.63, 3.8) is 0 Å². The van der Waals surface area contributed by atoms with Gasteiger partial charge in [-0.25, -0.2) is 0 Å². The Balaban J connectivity index is 2.24. The Hall–Kier alpha value is -1.43. The molecule has 1 aromatic carbocycles. The monoisotopic (exact) mass is 365 g/mol. The highest BCUT2D eigenvalue weighted by Gasteiger charge is 2.12. The number of carbonyl (C=O) groups is 1. The van der Waals surface area contributed by atoms with Gasteiger partial charge < -0.3 is 10.1 Å². The molecule has 1 heterocycles. The summed E-state index contributed by atoms with van der Waals surface area (Å²) >= 11 is 4.96. The molecule has 1 aromatic heterocycles. The highest BCUT2D eigenvalue weighted by molar-refractivity contribution is 9.10. The zero-order valence-electron chi connectivity index (χ0n) is 11.6. The Kier molecular flexibility index (Phi) is 6.17. The molecule has 5 heteroatoms. The molecule has 0 bridgehead atoms. The average Bonchev–Trinajstić information content (AvgIpc) is 3.00. The molecule has 1 amide bonds. The van der Waals surface area contributed by atoms with Gasteiger partial charge in [-0.1, -0.05) is 34.1 Å². The van der Waals surface area contributed by atoms with Gasteiger partial charge in [-0.05, 0) is 35.2 Å². The zero-order chi connectivity index (χ0) is 15.1. The number of amides is 1. The molecule has 21 heavy (non-hydrogen) atoms. The number of carbonyl (C=O) groups excluding carboxylic acids is 1. The summed E-state index contributed by atoms with van der Waals surface area (Å²) in [6, 6.07) is 11.8. The van der Waals surface area contributed by atoms with Crippen LogP contribution < -0.4 is 5.32 Å². The van der Waals surface area contributed by atoms with Crippen molar-refractivity contribution in [2.75, 3.05) is 20.3 Å². The molecule has 2 rings (SSSR count). The Morgan fingerprint density at radius 1 is 1.33 bits per heavy atom. The fourth-order valence-electron chi connectivity index (χ4n) is 1.77. The number of hydrogen-bond acceptors (Lipinski definition) is 3. The number of thiophene rings is 1. The minimum Gasteiger partial charge on any atom is -0.383 e. The van der Waals surface area contributed by atoms with E-state index in [0.717, 1.165) is 14.9 Å². The van der Waals surface area contributed by atoms with Crippen LogP contribution in [0.25, 0.3) is 11.6 Å². The molecule has 0 atom stereocenters. The Morgan fingerprint density at radius 3 is 2.71 bits per heavy atom. The van der Waals surface area contributed by atoms with Crippen LogP contribution in [0.5, 0.6) is 0 Å². The van der Waals surface area contributed by atoms with Gasteiger partial charge in [0.2, 0.25) is 0 Å². The normalized spacial score (nSPS) is 11.4. The summed E-state index contributed by atoms with van der Waals surface area (Å²) in [4.78, 5) is 13.3. The van der Waals surface area contributed by atoms with E-state index in [4.69, 9.17) is 4.74 Å². The summed E-state index contributed by atoms with van der Waals surface area (Å²) in [5.74, 6) is -0.0857. The van der Waals surface area contributed by atoms with Crippen molar-refractivity contribution in [2.24, 2.45) is 0 Å². The van der Waals surface area contributed by atoms with Gasteiger partial charge in [-0.3, -0.25) is 4.79 Å². The van der Waals surface area contributed by atoms with Crippen LogP contribution in [0.3, 0.4) is 0 Å². The predicted octanol–water partition coefficient (Wildman–Crippen LogP) is 3.81. The first-order chi connectivity index (χ1) is 10.2. The largest absolute Gasteiger partial charge is 0.383 e. The van der Waals surface area contributed by atoms with E-state index in [1.54, 1.807) is 18.4 Å². The maximum atomic E-state index is 12.4. The summed E-state index contributed by atoms with van der Waals surface area (Å²) in [6.07, 6.45) is 1.90. The maximum Gasteiger partial charge on any atom is 0.252 e. The zero-order valence-corrected chi connectivity index (χ0v) is 14.0. The SMILES string of the molecule is COCCNC(=O)C(=Cc1ccc(Br)cc1)c1cccs1. The number of nitrogens with one attached hydrogen (secondary N) is 1. The molecule has 0 aliphatic heterocycles. The maximum absolute atomic E-state index is 12.4. The summed E-state index contributed by atoms with van der Waals surface area (Å²) < 4.78 is 5.97. The van der Waals surface area contributed by atoms with Gasteiger partial charge in [0.05, 0.1) is 12.2 Å². The van der Waals surface area contributed by atoms with E-state index in [1.807, 2.05) is 47.9 Å². The molecule has 0 radical (unpaired) electrons. The fraction of sp³-hybridized carbons (Fsp3) is 0.188. The van der Waals surface area contributed by atoms with Crippen molar-refractivity contribution in [3.8, 4) is 0 Å². The van der Waals surface area contributed by atoms with Gasteiger partial charge in [0, 0.05) is 23.0 Å². The van der Waals surface area contributed by atoms with E-state index in [2.05, 4.69) is 21.2 Å². The van der Waals surface area contributed by atoms with E-state index in [9.17, 15) is 4.79 Å². The van der Waals surface area contributed by atoms with Gasteiger partial charge >= 0.3 is 0 Å². The average molecular weight is 366 g/mol. The molecule has 0 saturated carbocycles. The summed E-state index contributed by atoms with van der Waals surface area (Å²) in [6.45, 7) is 1.00. The van der Waals surface area contributed by atoms with Gasteiger partial charge in [0.1, 0.15) is 0 Å². The number of hydrogen-bond donors (Lipinski definition) is 1. The number of methoxy groups -OCH3 is 1. The fourth-order valence-corrected chi connectivity index (χ4v) is 2.77. The minimum absolute atomic E-state index is 0.0857. The Bertz CT molecular complexity index is 606. The lowest BCUT2D eigenvalue weighted by Crippen LogP contribution is -2.27. The molecule has 0 aliphatic carbocycles. The minimum atomic E-state index is -0.0857. The van der Waals surface area contributed by atoms with E-state index in [0.29, 0.717) is 18.7 Å². The molecule has 0 fully saturated rings. The molecule has 0 aliphatic rings. The van der Waals surface area contributed by atoms with Crippen molar-refractivity contribution < 1.29 is 9.53 Å². The molecule has 2 aromatic rings. The first kappa shape index (κ1) is 15.9. The summed E-state index contributed by atoms with van der Waals surface area (Å²) in [7, 11) is 1.62. The highest BCUT2D eigenvalue weighted by atomic mass is 79.9. The van der Waals surface area contributed by atoms with Crippen molar-refractivity contribution in [1.29, 1.82) is 0 Å². The summed E-state index contributed by atoms with van der Waals surface area (Å²) in [5, 5.41) is 4.83. The Labute approximate surface area is 136 Å². The molecular formula is C16H16BrNO2S. The number of ether oxygens (including phenoxy) is 1. The van der Waals surface area contributed by atoms with Gasteiger partial charge in [-0.2, -0.15) is 0 Å². The van der Waals surface area contributed by atoms with Crippen LogP contribution in [0.15, 0.2) is 46.3 Å². The van der Waals surface area contributed by atoms with Crippen LogP contribution in [0.4, 0.5) is 0 Å². The summed E-state index contributed by atoms with van der Waals surface area (Å²) in [5.41, 5.74) is 1.66. The number of rotatable bonds is 6. The first-order valence-electron chi connectivity index (χ1n) is 6.49. The van der Waals surface area contributed by atoms with Crippen LogP contribution in [0.1, 0.15) is 10.4 Å².